The van der Waals surface area contributed by atoms with Gasteiger partial charge in [0, 0.05) is 33.9 Å². The first-order chi connectivity index (χ1) is 12.7. The van der Waals surface area contributed by atoms with Gasteiger partial charge in [0.15, 0.2) is 17.5 Å². The second kappa shape index (κ2) is 16.9. The number of aliphatic imine (C=N–C) groups is 1. The minimum absolute atomic E-state index is 0. The van der Waals surface area contributed by atoms with E-state index in [2.05, 4.69) is 27.8 Å². The Morgan fingerprint density at radius 1 is 0.963 bits per heavy atom. The molecule has 6 nitrogen and oxygen atoms in total. The summed E-state index contributed by atoms with van der Waals surface area (Å²) in [7, 11) is 3.54. The van der Waals surface area contributed by atoms with Crippen LogP contribution in [0.25, 0.3) is 0 Å². The van der Waals surface area contributed by atoms with E-state index in [0.29, 0.717) is 13.2 Å². The molecule has 0 saturated carbocycles. The van der Waals surface area contributed by atoms with E-state index in [-0.39, 0.29) is 24.0 Å². The smallest absolute Gasteiger partial charge is 0.190 e. The van der Waals surface area contributed by atoms with Gasteiger partial charge in [0.2, 0.25) is 0 Å². The summed E-state index contributed by atoms with van der Waals surface area (Å²) in [5.74, 6) is 2.45. The molecule has 0 radical (unpaired) electrons. The molecule has 7 heteroatoms. The van der Waals surface area contributed by atoms with Gasteiger partial charge in [0.1, 0.15) is 0 Å². The molecule has 2 N–H and O–H groups in total. The lowest BCUT2D eigenvalue weighted by molar-refractivity contribution is 0.192. The van der Waals surface area contributed by atoms with Crippen molar-refractivity contribution in [3.05, 3.63) is 23.8 Å². The second-order valence-corrected chi connectivity index (χ2v) is 5.88. The largest absolute Gasteiger partial charge is 0.490 e. The highest BCUT2D eigenvalue weighted by Gasteiger charge is 2.06. The predicted molar refractivity (Wildman–Crippen MR) is 123 cm³/mol. The van der Waals surface area contributed by atoms with Crippen molar-refractivity contribution in [3.63, 3.8) is 0 Å². The van der Waals surface area contributed by atoms with Crippen molar-refractivity contribution in [2.45, 2.75) is 39.5 Å². The van der Waals surface area contributed by atoms with Gasteiger partial charge in [-0.1, -0.05) is 6.07 Å². The van der Waals surface area contributed by atoms with Gasteiger partial charge in [0.05, 0.1) is 13.2 Å². The van der Waals surface area contributed by atoms with Crippen LogP contribution in [0.5, 0.6) is 11.5 Å². The van der Waals surface area contributed by atoms with E-state index in [0.717, 1.165) is 62.8 Å². The molecule has 0 heterocycles. The molecular formula is C20H36IN3O3. The number of nitrogens with one attached hydrogen (secondary N) is 2. The van der Waals surface area contributed by atoms with E-state index >= 15 is 0 Å². The summed E-state index contributed by atoms with van der Waals surface area (Å²) in [5.41, 5.74) is 1.21. The molecule has 27 heavy (non-hydrogen) atoms. The molecule has 1 aromatic rings. The monoisotopic (exact) mass is 493 g/mol. The predicted octanol–water partition coefficient (Wildman–Crippen LogP) is 3.63. The SMILES string of the molecule is CCOc1ccc(CCNC(=NC)NCCCCCOC)cc1OCC.I. The van der Waals surface area contributed by atoms with E-state index in [1.54, 1.807) is 14.2 Å². The highest BCUT2D eigenvalue weighted by atomic mass is 127. The van der Waals surface area contributed by atoms with Gasteiger partial charge in [0.25, 0.3) is 0 Å². The summed E-state index contributed by atoms with van der Waals surface area (Å²) >= 11 is 0. The van der Waals surface area contributed by atoms with Gasteiger partial charge in [-0.2, -0.15) is 0 Å². The van der Waals surface area contributed by atoms with Crippen LogP contribution in [-0.2, 0) is 11.2 Å². The Hall–Kier alpha value is -1.22. The molecule has 0 aliphatic carbocycles. The van der Waals surface area contributed by atoms with Crippen LogP contribution in [0.3, 0.4) is 0 Å². The number of hydrogen-bond acceptors (Lipinski definition) is 4. The molecule has 0 spiro atoms. The number of ether oxygens (including phenoxy) is 3. The number of nitrogens with zero attached hydrogens (tertiary/aromatic N) is 1. The van der Waals surface area contributed by atoms with E-state index in [9.17, 15) is 0 Å². The van der Waals surface area contributed by atoms with E-state index < -0.39 is 0 Å². The van der Waals surface area contributed by atoms with Crippen molar-refractivity contribution in [2.24, 2.45) is 4.99 Å². The zero-order valence-electron chi connectivity index (χ0n) is 17.2. The molecule has 0 fully saturated rings. The maximum absolute atomic E-state index is 5.68. The molecule has 156 valence electrons. The highest BCUT2D eigenvalue weighted by Crippen LogP contribution is 2.28. The normalized spacial score (nSPS) is 10.9. The zero-order valence-corrected chi connectivity index (χ0v) is 19.5. The Bertz CT molecular complexity index is 527. The molecule has 0 atom stereocenters. The Morgan fingerprint density at radius 2 is 1.67 bits per heavy atom. The summed E-state index contributed by atoms with van der Waals surface area (Å²) in [6.45, 7) is 7.78. The lowest BCUT2D eigenvalue weighted by Gasteiger charge is -2.14. The third-order valence-corrected chi connectivity index (χ3v) is 3.86. The van der Waals surface area contributed by atoms with Gasteiger partial charge in [-0.05, 0) is 57.2 Å². The van der Waals surface area contributed by atoms with Crippen molar-refractivity contribution >= 4 is 29.9 Å². The molecule has 0 aliphatic rings. The average Bonchev–Trinajstić information content (AvgIpc) is 2.65. The van der Waals surface area contributed by atoms with Crippen molar-refractivity contribution in [2.75, 3.05) is 47.1 Å². The number of guanidine groups is 1. The molecule has 0 aliphatic heterocycles. The van der Waals surface area contributed by atoms with Gasteiger partial charge >= 0.3 is 0 Å². The maximum Gasteiger partial charge on any atom is 0.190 e. The van der Waals surface area contributed by atoms with Crippen molar-refractivity contribution in [3.8, 4) is 11.5 Å². The fourth-order valence-electron chi connectivity index (χ4n) is 2.55. The minimum Gasteiger partial charge on any atom is -0.490 e. The number of benzene rings is 1. The number of hydrogen-bond donors (Lipinski definition) is 2. The van der Waals surface area contributed by atoms with Gasteiger partial charge < -0.3 is 24.8 Å². The van der Waals surface area contributed by atoms with Crippen LogP contribution in [0.15, 0.2) is 23.2 Å². The Balaban J connectivity index is 0.00000676. The number of methoxy groups -OCH3 is 1. The minimum atomic E-state index is 0. The number of halogens is 1. The quantitative estimate of drug-likeness (QED) is 0.190. The molecular weight excluding hydrogens is 457 g/mol. The third kappa shape index (κ3) is 11.3. The number of rotatable bonds is 13. The first-order valence-corrected chi connectivity index (χ1v) is 9.57. The van der Waals surface area contributed by atoms with Crippen LogP contribution in [-0.4, -0.2) is 53.0 Å². The first kappa shape index (κ1) is 25.8. The van der Waals surface area contributed by atoms with E-state index in [4.69, 9.17) is 14.2 Å². The fraction of sp³-hybridized carbons (Fsp3) is 0.650. The number of unbranched alkanes of at least 4 members (excludes halogenated alkanes) is 2. The lowest BCUT2D eigenvalue weighted by atomic mass is 10.1. The van der Waals surface area contributed by atoms with Gasteiger partial charge in [-0.25, -0.2) is 0 Å². The van der Waals surface area contributed by atoms with E-state index in [1.165, 1.54) is 5.56 Å². The molecule has 0 unspecified atom stereocenters. The fourth-order valence-corrected chi connectivity index (χ4v) is 2.55. The summed E-state index contributed by atoms with van der Waals surface area (Å²) < 4.78 is 16.3. The topological polar surface area (TPSA) is 64.1 Å². The van der Waals surface area contributed by atoms with Crippen LogP contribution >= 0.6 is 24.0 Å². The second-order valence-electron chi connectivity index (χ2n) is 5.88. The van der Waals surface area contributed by atoms with Crippen LogP contribution < -0.4 is 20.1 Å². The Labute approximate surface area is 181 Å². The van der Waals surface area contributed by atoms with Crippen LogP contribution in [0.1, 0.15) is 38.7 Å². The van der Waals surface area contributed by atoms with Crippen LogP contribution in [0, 0.1) is 0 Å². The van der Waals surface area contributed by atoms with Crippen molar-refractivity contribution in [1.29, 1.82) is 0 Å². The summed E-state index contributed by atoms with van der Waals surface area (Å²) in [6, 6.07) is 6.13. The summed E-state index contributed by atoms with van der Waals surface area (Å²) in [5, 5.41) is 6.70. The van der Waals surface area contributed by atoms with Gasteiger partial charge in [-0.15, -0.1) is 24.0 Å². The standard InChI is InChI=1S/C20H35N3O3.HI/c1-5-25-18-11-10-17(16-19(18)26-6-2)12-14-23-20(21-3)22-13-8-7-9-15-24-4;/h10-11,16H,5-9,12-15H2,1-4H3,(H2,21,22,23);1H. The first-order valence-electron chi connectivity index (χ1n) is 9.57. The van der Waals surface area contributed by atoms with Crippen molar-refractivity contribution < 1.29 is 14.2 Å². The van der Waals surface area contributed by atoms with Crippen LogP contribution in [0.2, 0.25) is 0 Å². The highest BCUT2D eigenvalue weighted by molar-refractivity contribution is 14.0. The van der Waals surface area contributed by atoms with Gasteiger partial charge in [-0.3, -0.25) is 4.99 Å². The molecule has 0 aromatic heterocycles. The van der Waals surface area contributed by atoms with Crippen LogP contribution in [0.4, 0.5) is 0 Å². The molecule has 0 bridgehead atoms. The average molecular weight is 493 g/mol. The zero-order chi connectivity index (χ0) is 19.0. The molecule has 1 aromatic carbocycles. The molecule has 0 amide bonds. The summed E-state index contributed by atoms with van der Waals surface area (Å²) in [4.78, 5) is 4.26. The third-order valence-electron chi connectivity index (χ3n) is 3.86. The Kier molecular flexibility index (Phi) is 16.2. The van der Waals surface area contributed by atoms with E-state index in [1.807, 2.05) is 19.9 Å². The van der Waals surface area contributed by atoms with Crippen molar-refractivity contribution in [1.82, 2.24) is 10.6 Å². The Morgan fingerprint density at radius 3 is 2.33 bits per heavy atom. The lowest BCUT2D eigenvalue weighted by Crippen LogP contribution is -2.38. The molecule has 1 rings (SSSR count). The summed E-state index contributed by atoms with van der Waals surface area (Å²) in [6.07, 6.45) is 4.26. The molecule has 0 saturated heterocycles. The maximum atomic E-state index is 5.68.